The normalized spacial score (nSPS) is 41.7. The number of unbranched alkanes of at least 4 members (excludes halogenated alkanes) is 1. The Balaban J connectivity index is 1.76. The van der Waals surface area contributed by atoms with Gasteiger partial charge in [0.2, 0.25) is 0 Å². The van der Waals surface area contributed by atoms with E-state index in [0.29, 0.717) is 48.6 Å². The van der Waals surface area contributed by atoms with Crippen molar-refractivity contribution in [2.75, 3.05) is 5.88 Å². The van der Waals surface area contributed by atoms with Gasteiger partial charge in [0.15, 0.2) is 0 Å². The van der Waals surface area contributed by atoms with Gasteiger partial charge in [0.25, 0.3) is 0 Å². The first-order valence-electron chi connectivity index (χ1n) is 16.5. The predicted molar refractivity (Wildman–Crippen MR) is 171 cm³/mol. The van der Waals surface area contributed by atoms with Crippen LogP contribution in [0.4, 0.5) is 0 Å². The summed E-state index contributed by atoms with van der Waals surface area (Å²) in [5.41, 5.74) is 2.55. The van der Waals surface area contributed by atoms with Gasteiger partial charge in [0.05, 0.1) is 12.2 Å². The number of alkyl halides is 1. The molecule has 0 amide bonds. The fourth-order valence-corrected chi connectivity index (χ4v) is 10.6. The van der Waals surface area contributed by atoms with E-state index >= 15 is 0 Å². The van der Waals surface area contributed by atoms with Gasteiger partial charge >= 0.3 is 11.9 Å². The molecule has 3 N–H and O–H groups in total. The van der Waals surface area contributed by atoms with Gasteiger partial charge in [-0.15, -0.1) is 11.6 Å². The first-order chi connectivity index (χ1) is 20.1. The smallest absolute Gasteiger partial charge is 0.331 e. The number of carboxylic acids is 1. The number of carbonyl (C=O) groups excluding carboxylic acids is 1. The number of aliphatic hydroxyl groups is 2. The van der Waals surface area contributed by atoms with E-state index in [0.717, 1.165) is 49.7 Å². The number of ether oxygens (including phenoxy) is 1. The van der Waals surface area contributed by atoms with Crippen molar-refractivity contribution in [1.82, 2.24) is 0 Å². The number of fused-ring (bicyclic) bond motifs is 5. The third-order valence-corrected chi connectivity index (χ3v) is 13.0. The van der Waals surface area contributed by atoms with Crippen molar-refractivity contribution < 1.29 is 29.6 Å². The fourth-order valence-electron chi connectivity index (χ4n) is 10.5. The van der Waals surface area contributed by atoms with Crippen LogP contribution in [0.5, 0.6) is 0 Å². The van der Waals surface area contributed by atoms with Crippen LogP contribution in [0, 0.1) is 39.9 Å². The Kier molecular flexibility index (Phi) is 10.4. The van der Waals surface area contributed by atoms with E-state index in [1.54, 1.807) is 0 Å². The Morgan fingerprint density at radius 3 is 2.33 bits per heavy atom. The Morgan fingerprint density at radius 2 is 1.72 bits per heavy atom. The van der Waals surface area contributed by atoms with Crippen LogP contribution in [0.15, 0.2) is 34.4 Å². The lowest BCUT2D eigenvalue weighted by atomic mass is 9.36. The second kappa shape index (κ2) is 13.0. The highest BCUT2D eigenvalue weighted by molar-refractivity contribution is 6.17. The standard InChI is InChI=1S/C36H55ClO6/c1-21(2)24(11-9-8-10-18-37)12-13-25(33(41)42)31-27-19-29(40)32-34(5)16-15-28(39)22(3)26(34)14-17-35(32,6)36(27,7)20-30(31)43-23(4)38/h9,11,22,26-30,32,39-40H,8,10,12-20H2,1-7H3,(H,41,42)/t22-,26+,27+,28+,29+,30-,32+,34-,35-,36-/m0/s1. The van der Waals surface area contributed by atoms with Crippen molar-refractivity contribution in [3.05, 3.63) is 34.4 Å². The van der Waals surface area contributed by atoms with E-state index in [4.69, 9.17) is 16.3 Å². The molecular weight excluding hydrogens is 564 g/mol. The van der Waals surface area contributed by atoms with Gasteiger partial charge < -0.3 is 20.1 Å². The van der Waals surface area contributed by atoms with E-state index in [1.165, 1.54) is 6.92 Å². The molecule has 0 unspecified atom stereocenters. The average Bonchev–Trinajstić information content (AvgIpc) is 3.18. The average molecular weight is 619 g/mol. The summed E-state index contributed by atoms with van der Waals surface area (Å²) in [5.74, 6) is -0.428. The number of halogens is 1. The van der Waals surface area contributed by atoms with E-state index < -0.39 is 24.1 Å². The monoisotopic (exact) mass is 618 g/mol. The molecule has 0 radical (unpaired) electrons. The molecule has 0 aliphatic heterocycles. The maximum atomic E-state index is 13.0. The van der Waals surface area contributed by atoms with Crippen molar-refractivity contribution in [2.45, 2.75) is 131 Å². The molecular formula is C36H55ClO6. The minimum atomic E-state index is -0.969. The Hall–Kier alpha value is -1.63. The lowest BCUT2D eigenvalue weighted by molar-refractivity contribution is -0.234. The van der Waals surface area contributed by atoms with Crippen LogP contribution >= 0.6 is 11.6 Å². The molecule has 242 valence electrons. The highest BCUT2D eigenvalue weighted by Crippen LogP contribution is 2.74. The molecule has 0 aromatic rings. The molecule has 0 spiro atoms. The Labute approximate surface area is 264 Å². The van der Waals surface area contributed by atoms with Gasteiger partial charge in [-0.3, -0.25) is 4.79 Å². The molecule has 0 aromatic heterocycles. The number of aliphatic carboxylic acids is 1. The van der Waals surface area contributed by atoms with Gasteiger partial charge in [0, 0.05) is 18.4 Å². The van der Waals surface area contributed by atoms with Crippen LogP contribution in [0.25, 0.3) is 0 Å². The minimum absolute atomic E-state index is 0.0240. The fraction of sp³-hybridized carbons (Fsp3) is 0.778. The van der Waals surface area contributed by atoms with E-state index in [1.807, 2.05) is 13.8 Å². The van der Waals surface area contributed by atoms with Crippen LogP contribution in [0.3, 0.4) is 0 Å². The van der Waals surface area contributed by atoms with E-state index in [-0.39, 0.29) is 40.1 Å². The highest BCUT2D eigenvalue weighted by Gasteiger charge is 2.70. The number of carboxylic acid groups (broad SMARTS) is 1. The van der Waals surface area contributed by atoms with Crippen LogP contribution in [-0.2, 0) is 14.3 Å². The number of allylic oxidation sites excluding steroid dienone is 4. The molecule has 0 heterocycles. The third-order valence-electron chi connectivity index (χ3n) is 12.7. The van der Waals surface area contributed by atoms with Gasteiger partial charge in [-0.05, 0) is 129 Å². The molecule has 6 nitrogen and oxygen atoms in total. The number of carbonyl (C=O) groups is 2. The van der Waals surface area contributed by atoms with Crippen LogP contribution < -0.4 is 0 Å². The summed E-state index contributed by atoms with van der Waals surface area (Å²) in [5, 5.41) is 33.4. The first-order valence-corrected chi connectivity index (χ1v) is 17.0. The van der Waals surface area contributed by atoms with Crippen LogP contribution in [0.1, 0.15) is 113 Å². The summed E-state index contributed by atoms with van der Waals surface area (Å²) in [6.07, 6.45) is 9.86. The number of rotatable bonds is 9. The maximum Gasteiger partial charge on any atom is 0.331 e. The molecule has 0 bridgehead atoms. The maximum absolute atomic E-state index is 13.0. The number of esters is 1. The van der Waals surface area contributed by atoms with Gasteiger partial charge in [-0.25, -0.2) is 4.79 Å². The molecule has 4 fully saturated rings. The number of hydrogen-bond donors (Lipinski definition) is 3. The molecule has 10 atom stereocenters. The second-order valence-corrected chi connectivity index (χ2v) is 15.5. The van der Waals surface area contributed by atoms with Crippen LogP contribution in [-0.4, -0.2) is 51.5 Å². The van der Waals surface area contributed by atoms with Crippen molar-refractivity contribution in [2.24, 2.45) is 39.9 Å². The number of hydrogen-bond acceptors (Lipinski definition) is 5. The summed E-state index contributed by atoms with van der Waals surface area (Å²) in [4.78, 5) is 25.4. The minimum Gasteiger partial charge on any atom is -0.478 e. The van der Waals surface area contributed by atoms with Crippen molar-refractivity contribution in [3.8, 4) is 0 Å². The zero-order valence-corrected chi connectivity index (χ0v) is 28.2. The molecule has 43 heavy (non-hydrogen) atoms. The van der Waals surface area contributed by atoms with E-state index in [2.05, 4.69) is 39.8 Å². The molecule has 7 heteroatoms. The number of aliphatic hydroxyl groups excluding tert-OH is 2. The lowest BCUT2D eigenvalue weighted by Crippen LogP contribution is -2.65. The molecule has 4 saturated carbocycles. The van der Waals surface area contributed by atoms with Gasteiger partial charge in [0.1, 0.15) is 6.10 Å². The second-order valence-electron chi connectivity index (χ2n) is 15.1. The quantitative estimate of drug-likeness (QED) is 0.0807. The van der Waals surface area contributed by atoms with Crippen molar-refractivity contribution in [3.63, 3.8) is 0 Å². The Morgan fingerprint density at radius 1 is 1.02 bits per heavy atom. The molecule has 4 rings (SSSR count). The van der Waals surface area contributed by atoms with Gasteiger partial charge in [-0.1, -0.05) is 45.4 Å². The lowest BCUT2D eigenvalue weighted by Gasteiger charge is -2.69. The topological polar surface area (TPSA) is 104 Å². The molecule has 0 saturated heterocycles. The summed E-state index contributed by atoms with van der Waals surface area (Å²) in [6.45, 7) is 14.6. The van der Waals surface area contributed by atoms with E-state index in [9.17, 15) is 24.9 Å². The molecule has 4 aliphatic rings. The summed E-state index contributed by atoms with van der Waals surface area (Å²) in [7, 11) is 0. The summed E-state index contributed by atoms with van der Waals surface area (Å²) < 4.78 is 5.97. The van der Waals surface area contributed by atoms with Crippen molar-refractivity contribution in [1.29, 1.82) is 0 Å². The van der Waals surface area contributed by atoms with Crippen LogP contribution in [0.2, 0.25) is 0 Å². The summed E-state index contributed by atoms with van der Waals surface area (Å²) >= 11 is 5.84. The SMILES string of the molecule is CC(=O)O[C@H]1C[C@@]2(C)[C@H](C[C@@H](O)[C@@H]3[C@@]4(C)CC[C@@H](O)[C@@H](C)[C@H]4CC[C@@]32C)C1=C(CCC(C=CCCCCl)=C(C)C)C(=O)O. The highest BCUT2D eigenvalue weighted by atomic mass is 35.5. The third kappa shape index (κ3) is 6.02. The predicted octanol–water partition coefficient (Wildman–Crippen LogP) is 7.61. The molecule has 0 aromatic carbocycles. The van der Waals surface area contributed by atoms with Crippen molar-refractivity contribution >= 4 is 23.5 Å². The van der Waals surface area contributed by atoms with Gasteiger partial charge in [-0.2, -0.15) is 0 Å². The first kappa shape index (κ1) is 34.2. The zero-order valence-electron chi connectivity index (χ0n) is 27.4. The largest absolute Gasteiger partial charge is 0.478 e. The Bertz CT molecular complexity index is 1170. The summed E-state index contributed by atoms with van der Waals surface area (Å²) in [6, 6.07) is 0. The molecule has 4 aliphatic carbocycles. The zero-order chi connectivity index (χ0) is 31.9.